The molecule has 13 nitrogen and oxygen atoms in total. The van der Waals surface area contributed by atoms with Crippen molar-refractivity contribution >= 4 is 63.8 Å². The van der Waals surface area contributed by atoms with Gasteiger partial charge in [0.05, 0.1) is 39.2 Å². The Kier molecular flexibility index (Phi) is 11.6. The number of benzene rings is 2. The molecule has 2 amide bonds. The zero-order valence-electron chi connectivity index (χ0n) is 28.9. The highest BCUT2D eigenvalue weighted by Crippen LogP contribution is 2.31. The minimum absolute atomic E-state index is 0.124. The van der Waals surface area contributed by atoms with Crippen LogP contribution in [0.15, 0.2) is 54.7 Å². The predicted octanol–water partition coefficient (Wildman–Crippen LogP) is 6.00. The first-order valence-corrected chi connectivity index (χ1v) is 17.5. The number of halogens is 2. The van der Waals surface area contributed by atoms with Crippen LogP contribution in [-0.4, -0.2) is 83.3 Å². The molecule has 1 saturated heterocycles. The number of amides is 2. The standard InChI is InChI=1S/C35H41ClIN7O6/c1-35(2,3)50-34(47)39-24-11-9-17-42(21-24)33-40-30(37)29(43(33)20-23-10-7-8-12-26(23)36)31(45)41(4)27-18-38-44(28(27)32(46)49-6)19-22-13-15-25(48-5)16-14-22/h7-8,10,12-16,18,24H,9,11,17,19-21H2,1-6H3,(H,39,47)/t24-/m1/s1. The zero-order valence-corrected chi connectivity index (χ0v) is 31.8. The van der Waals surface area contributed by atoms with Crippen LogP contribution in [0.1, 0.15) is 65.7 Å². The summed E-state index contributed by atoms with van der Waals surface area (Å²) in [5.74, 6) is 0.220. The van der Waals surface area contributed by atoms with Crippen LogP contribution in [0.4, 0.5) is 16.4 Å². The highest BCUT2D eigenvalue weighted by molar-refractivity contribution is 14.1. The van der Waals surface area contributed by atoms with Gasteiger partial charge in [0.2, 0.25) is 5.95 Å². The van der Waals surface area contributed by atoms with Gasteiger partial charge in [0, 0.05) is 31.2 Å². The van der Waals surface area contributed by atoms with Gasteiger partial charge in [-0.3, -0.25) is 9.48 Å². The van der Waals surface area contributed by atoms with Crippen molar-refractivity contribution in [2.45, 2.75) is 58.3 Å². The fourth-order valence-electron chi connectivity index (χ4n) is 5.77. The molecule has 3 heterocycles. The summed E-state index contributed by atoms with van der Waals surface area (Å²) in [6, 6.07) is 14.6. The lowest BCUT2D eigenvalue weighted by molar-refractivity contribution is 0.0498. The monoisotopic (exact) mass is 817 g/mol. The van der Waals surface area contributed by atoms with Crippen LogP contribution in [0, 0.1) is 3.70 Å². The van der Waals surface area contributed by atoms with E-state index >= 15 is 0 Å². The Morgan fingerprint density at radius 2 is 1.78 bits per heavy atom. The number of nitrogens with zero attached hydrogens (tertiary/aromatic N) is 6. The second-order valence-electron chi connectivity index (χ2n) is 12.9. The number of alkyl carbamates (subject to hydrolysis) is 1. The van der Waals surface area contributed by atoms with E-state index in [9.17, 15) is 14.4 Å². The van der Waals surface area contributed by atoms with E-state index in [2.05, 4.69) is 37.9 Å². The molecular formula is C35H41ClIN7O6. The Labute approximate surface area is 310 Å². The number of esters is 1. The van der Waals surface area contributed by atoms with Crippen molar-refractivity contribution in [3.05, 3.63) is 86.0 Å². The number of aromatic nitrogens is 4. The van der Waals surface area contributed by atoms with E-state index in [1.54, 1.807) is 20.2 Å². The first-order valence-electron chi connectivity index (χ1n) is 16.1. The summed E-state index contributed by atoms with van der Waals surface area (Å²) in [6.45, 7) is 7.10. The molecule has 0 unspecified atom stereocenters. The second-order valence-corrected chi connectivity index (χ2v) is 14.3. The lowest BCUT2D eigenvalue weighted by atomic mass is 10.1. The van der Waals surface area contributed by atoms with Gasteiger partial charge in [-0.15, -0.1) is 0 Å². The Morgan fingerprint density at radius 1 is 1.06 bits per heavy atom. The number of anilines is 2. The number of piperidine rings is 1. The Morgan fingerprint density at radius 3 is 2.44 bits per heavy atom. The molecule has 0 spiro atoms. The van der Waals surface area contributed by atoms with Crippen LogP contribution in [0.3, 0.4) is 0 Å². The number of hydrogen-bond donors (Lipinski definition) is 1. The minimum Gasteiger partial charge on any atom is -0.497 e. The van der Waals surface area contributed by atoms with Crippen LogP contribution < -0.4 is 19.9 Å². The van der Waals surface area contributed by atoms with E-state index in [1.165, 1.54) is 22.9 Å². The van der Waals surface area contributed by atoms with Crippen LogP contribution in [0.25, 0.3) is 0 Å². The summed E-state index contributed by atoms with van der Waals surface area (Å²) in [5.41, 5.74) is 1.75. The lowest BCUT2D eigenvalue weighted by Crippen LogP contribution is -2.49. The first-order chi connectivity index (χ1) is 23.8. The smallest absolute Gasteiger partial charge is 0.407 e. The number of imidazole rings is 1. The van der Waals surface area contributed by atoms with Crippen molar-refractivity contribution in [1.29, 1.82) is 0 Å². The van der Waals surface area contributed by atoms with Crippen molar-refractivity contribution in [1.82, 2.24) is 24.6 Å². The molecule has 4 aromatic rings. The number of carbonyl (C=O) groups is 3. The molecule has 2 aromatic carbocycles. The molecule has 5 rings (SSSR count). The van der Waals surface area contributed by atoms with Gasteiger partial charge < -0.3 is 33.9 Å². The topological polar surface area (TPSA) is 133 Å². The third-order valence-electron chi connectivity index (χ3n) is 8.18. The van der Waals surface area contributed by atoms with Crippen LogP contribution in [0.2, 0.25) is 5.02 Å². The highest BCUT2D eigenvalue weighted by Gasteiger charge is 2.33. The van der Waals surface area contributed by atoms with Crippen molar-refractivity contribution in [2.24, 2.45) is 0 Å². The van der Waals surface area contributed by atoms with Gasteiger partial charge in [0.15, 0.2) is 5.69 Å². The van der Waals surface area contributed by atoms with E-state index in [-0.39, 0.29) is 30.5 Å². The molecule has 1 fully saturated rings. The van der Waals surface area contributed by atoms with Gasteiger partial charge in [-0.25, -0.2) is 14.6 Å². The van der Waals surface area contributed by atoms with Crippen molar-refractivity contribution in [3.8, 4) is 5.75 Å². The van der Waals surface area contributed by atoms with Crippen molar-refractivity contribution in [3.63, 3.8) is 0 Å². The summed E-state index contributed by atoms with van der Waals surface area (Å²) < 4.78 is 19.7. The van der Waals surface area contributed by atoms with E-state index in [0.29, 0.717) is 39.2 Å². The molecule has 0 aliphatic carbocycles. The minimum atomic E-state index is -0.637. The lowest BCUT2D eigenvalue weighted by Gasteiger charge is -2.34. The molecule has 1 N–H and O–H groups in total. The van der Waals surface area contributed by atoms with E-state index < -0.39 is 23.6 Å². The van der Waals surface area contributed by atoms with Gasteiger partial charge in [0.1, 0.15) is 20.7 Å². The number of hydrogen-bond acceptors (Lipinski definition) is 9. The summed E-state index contributed by atoms with van der Waals surface area (Å²) >= 11 is 8.69. The van der Waals surface area contributed by atoms with Crippen LogP contribution >= 0.6 is 34.2 Å². The predicted molar refractivity (Wildman–Crippen MR) is 198 cm³/mol. The molecule has 1 aliphatic rings. The molecule has 1 aliphatic heterocycles. The number of nitrogens with one attached hydrogen (secondary N) is 1. The van der Waals surface area contributed by atoms with Gasteiger partial charge in [-0.2, -0.15) is 5.10 Å². The average Bonchev–Trinajstić information content (AvgIpc) is 3.64. The summed E-state index contributed by atoms with van der Waals surface area (Å²) in [6.07, 6.45) is 2.55. The van der Waals surface area contributed by atoms with Gasteiger partial charge in [-0.05, 0) is 85.5 Å². The third kappa shape index (κ3) is 8.52. The largest absolute Gasteiger partial charge is 0.497 e. The van der Waals surface area contributed by atoms with Crippen LogP contribution in [-0.2, 0) is 22.6 Å². The Hall–Kier alpha value is -4.31. The quantitative estimate of drug-likeness (QED) is 0.151. The van der Waals surface area contributed by atoms with E-state index in [1.807, 2.05) is 67.8 Å². The van der Waals surface area contributed by atoms with Crippen LogP contribution in [0.5, 0.6) is 5.75 Å². The first kappa shape index (κ1) is 37.0. The molecule has 0 saturated carbocycles. The van der Waals surface area contributed by atoms with Crippen molar-refractivity contribution in [2.75, 3.05) is 44.2 Å². The van der Waals surface area contributed by atoms with Crippen molar-refractivity contribution < 1.29 is 28.6 Å². The summed E-state index contributed by atoms with van der Waals surface area (Å²) in [5, 5.41) is 8.01. The maximum atomic E-state index is 14.5. The normalized spacial score (nSPS) is 14.6. The van der Waals surface area contributed by atoms with Gasteiger partial charge in [-0.1, -0.05) is 41.9 Å². The van der Waals surface area contributed by atoms with E-state index in [4.69, 9.17) is 30.8 Å². The third-order valence-corrected chi connectivity index (χ3v) is 9.30. The molecular weight excluding hydrogens is 777 g/mol. The maximum absolute atomic E-state index is 14.5. The Bertz CT molecular complexity index is 1850. The number of ether oxygens (including phenoxy) is 3. The SMILES string of the molecule is COC(=O)c1c(N(C)C(=O)c2c(I)nc(N3CCC[C@@H](NC(=O)OC(C)(C)C)C3)n2Cc2ccccc2Cl)cnn1Cc1ccc(OC)cc1. The molecule has 2 aromatic heterocycles. The molecule has 1 atom stereocenters. The van der Waals surface area contributed by atoms with E-state index in [0.717, 1.165) is 24.0 Å². The second kappa shape index (κ2) is 15.7. The summed E-state index contributed by atoms with van der Waals surface area (Å²) in [7, 11) is 4.47. The Balaban J connectivity index is 1.50. The number of methoxy groups -OCH3 is 2. The number of carbonyl (C=O) groups excluding carboxylic acids is 3. The molecule has 0 bridgehead atoms. The molecule has 50 heavy (non-hydrogen) atoms. The fourth-order valence-corrected chi connectivity index (χ4v) is 6.71. The maximum Gasteiger partial charge on any atom is 0.407 e. The highest BCUT2D eigenvalue weighted by atomic mass is 127. The molecule has 266 valence electrons. The summed E-state index contributed by atoms with van der Waals surface area (Å²) in [4.78, 5) is 48.7. The zero-order chi connectivity index (χ0) is 36.2. The average molecular weight is 818 g/mol. The fraction of sp³-hybridized carbons (Fsp3) is 0.400. The number of rotatable bonds is 10. The van der Waals surface area contributed by atoms with Gasteiger partial charge in [0.25, 0.3) is 5.91 Å². The molecule has 0 radical (unpaired) electrons. The van der Waals surface area contributed by atoms with Gasteiger partial charge >= 0.3 is 12.1 Å². The molecule has 15 heteroatoms.